The van der Waals surface area contributed by atoms with Gasteiger partial charge in [-0.15, -0.1) is 0 Å². The Morgan fingerprint density at radius 3 is 2.73 bits per heavy atom. The van der Waals surface area contributed by atoms with E-state index in [9.17, 15) is 5.11 Å². The van der Waals surface area contributed by atoms with Gasteiger partial charge >= 0.3 is 0 Å². The van der Waals surface area contributed by atoms with Crippen LogP contribution in [0, 0.1) is 34.5 Å². The van der Waals surface area contributed by atoms with Crippen LogP contribution >= 0.6 is 0 Å². The molecule has 2 heteroatoms. The second-order valence-corrected chi connectivity index (χ2v) is 10.6. The Bertz CT molecular complexity index is 569. The number of fused-ring (bicyclic) bond motifs is 5. The van der Waals surface area contributed by atoms with E-state index < -0.39 is 0 Å². The number of hydrogen-bond acceptors (Lipinski definition) is 2. The summed E-state index contributed by atoms with van der Waals surface area (Å²) >= 11 is 0. The lowest BCUT2D eigenvalue weighted by Crippen LogP contribution is -2.56. The topological polar surface area (TPSA) is 29.5 Å². The minimum Gasteiger partial charge on any atom is -0.495 e. The molecule has 0 radical (unpaired) electrons. The zero-order valence-electron chi connectivity index (χ0n) is 16.7. The third-order valence-corrected chi connectivity index (χ3v) is 9.78. The Balaban J connectivity index is 1.39. The number of aliphatic hydroxyl groups excluding tert-OH is 1. The van der Waals surface area contributed by atoms with Gasteiger partial charge < -0.3 is 9.84 Å². The lowest BCUT2D eigenvalue weighted by atomic mass is 9.45. The second-order valence-electron chi connectivity index (χ2n) is 10.6. The van der Waals surface area contributed by atoms with Crippen molar-refractivity contribution in [2.75, 3.05) is 6.61 Å². The molecule has 146 valence electrons. The highest BCUT2D eigenvalue weighted by Crippen LogP contribution is 2.66. The Kier molecular flexibility index (Phi) is 4.42. The summed E-state index contributed by atoms with van der Waals surface area (Å²) in [5.41, 5.74) is 0.651. The van der Waals surface area contributed by atoms with Gasteiger partial charge in [-0.2, -0.15) is 0 Å². The molecule has 4 fully saturated rings. The van der Waals surface area contributed by atoms with Crippen molar-refractivity contribution in [3.63, 3.8) is 0 Å². The Morgan fingerprint density at radius 1 is 1.00 bits per heavy atom. The fourth-order valence-electron chi connectivity index (χ4n) is 8.46. The summed E-state index contributed by atoms with van der Waals surface area (Å²) in [4.78, 5) is 0. The predicted octanol–water partition coefficient (Wildman–Crippen LogP) is 5.84. The molecule has 0 aromatic rings. The summed E-state index contributed by atoms with van der Waals surface area (Å²) in [5.74, 6) is 4.57. The van der Waals surface area contributed by atoms with Gasteiger partial charge in [0.25, 0.3) is 0 Å². The third-order valence-electron chi connectivity index (χ3n) is 9.78. The summed E-state index contributed by atoms with van der Waals surface area (Å²) < 4.78 is 6.59. The van der Waals surface area contributed by atoms with E-state index in [-0.39, 0.29) is 5.41 Å². The minimum absolute atomic E-state index is 0.273. The molecule has 26 heavy (non-hydrogen) atoms. The van der Waals surface area contributed by atoms with Crippen molar-refractivity contribution < 1.29 is 9.84 Å². The van der Waals surface area contributed by atoms with Gasteiger partial charge in [-0.25, -0.2) is 0 Å². The first-order valence-corrected chi connectivity index (χ1v) is 11.6. The smallest absolute Gasteiger partial charge is 0.104 e. The zero-order chi connectivity index (χ0) is 17.8. The van der Waals surface area contributed by atoms with Crippen molar-refractivity contribution in [2.45, 2.75) is 96.5 Å². The number of ether oxygens (including phenoxy) is 1. The average molecular weight is 359 g/mol. The molecule has 0 unspecified atom stereocenters. The standard InChI is InChI=1S/C24H38O2/c1-23-15-13-21-19(10-9-17-6-4-5-14-24(17,21)16-25)20(23)11-12-22(23)26-18-7-2-3-8-18/h7,17,19-22,25H,2-6,8-16H2,1H3/t17-,19+,20+,21+,22+,23+,24-/m1/s1. The predicted molar refractivity (Wildman–Crippen MR) is 105 cm³/mol. The molecule has 5 rings (SSSR count). The van der Waals surface area contributed by atoms with Gasteiger partial charge in [0.15, 0.2) is 0 Å². The van der Waals surface area contributed by atoms with Crippen molar-refractivity contribution in [1.29, 1.82) is 0 Å². The largest absolute Gasteiger partial charge is 0.495 e. The van der Waals surface area contributed by atoms with Crippen LogP contribution in [0.15, 0.2) is 11.8 Å². The molecule has 4 saturated carbocycles. The van der Waals surface area contributed by atoms with E-state index in [1.807, 2.05) is 0 Å². The van der Waals surface area contributed by atoms with E-state index in [0.29, 0.717) is 18.1 Å². The maximum Gasteiger partial charge on any atom is 0.104 e. The van der Waals surface area contributed by atoms with Crippen molar-refractivity contribution in [3.8, 4) is 0 Å². The summed E-state index contributed by atoms with van der Waals surface area (Å²) in [6.45, 7) is 3.01. The summed E-state index contributed by atoms with van der Waals surface area (Å²) in [6.07, 6.45) is 20.0. The molecular weight excluding hydrogens is 320 g/mol. The van der Waals surface area contributed by atoms with Crippen LogP contribution in [0.5, 0.6) is 0 Å². The highest BCUT2D eigenvalue weighted by molar-refractivity contribution is 5.11. The molecule has 7 atom stereocenters. The van der Waals surface area contributed by atoms with Gasteiger partial charge in [0.2, 0.25) is 0 Å². The van der Waals surface area contributed by atoms with Crippen molar-refractivity contribution in [2.24, 2.45) is 34.5 Å². The summed E-state index contributed by atoms with van der Waals surface area (Å²) in [5, 5.41) is 10.5. The molecule has 0 bridgehead atoms. The molecule has 0 saturated heterocycles. The van der Waals surface area contributed by atoms with Gasteiger partial charge in [-0.3, -0.25) is 0 Å². The Labute approximate surface area is 159 Å². The average Bonchev–Trinajstić information content (AvgIpc) is 3.29. The molecule has 5 aliphatic carbocycles. The molecule has 5 aliphatic rings. The highest BCUT2D eigenvalue weighted by Gasteiger charge is 2.61. The molecule has 0 heterocycles. The maximum absolute atomic E-state index is 10.5. The lowest BCUT2D eigenvalue weighted by molar-refractivity contribution is -0.147. The molecule has 0 amide bonds. The van der Waals surface area contributed by atoms with E-state index >= 15 is 0 Å². The van der Waals surface area contributed by atoms with E-state index in [2.05, 4.69) is 13.0 Å². The molecule has 0 aliphatic heterocycles. The van der Waals surface area contributed by atoms with E-state index in [4.69, 9.17) is 4.74 Å². The first-order chi connectivity index (χ1) is 12.7. The molecular formula is C24H38O2. The van der Waals surface area contributed by atoms with Crippen LogP contribution in [0.25, 0.3) is 0 Å². The van der Waals surface area contributed by atoms with Crippen LogP contribution in [0.4, 0.5) is 0 Å². The van der Waals surface area contributed by atoms with Crippen molar-refractivity contribution in [3.05, 3.63) is 11.8 Å². The third kappa shape index (κ3) is 2.46. The molecule has 1 N–H and O–H groups in total. The zero-order valence-corrected chi connectivity index (χ0v) is 16.7. The fourth-order valence-corrected chi connectivity index (χ4v) is 8.46. The number of hydrogen-bond donors (Lipinski definition) is 1. The monoisotopic (exact) mass is 358 g/mol. The summed E-state index contributed by atoms with van der Waals surface area (Å²) in [6, 6.07) is 0. The quantitative estimate of drug-likeness (QED) is 0.686. The first-order valence-electron chi connectivity index (χ1n) is 11.6. The number of rotatable bonds is 3. The molecule has 0 aromatic carbocycles. The minimum atomic E-state index is 0.273. The van der Waals surface area contributed by atoms with Gasteiger partial charge in [0, 0.05) is 18.4 Å². The normalized spacial score (nSPS) is 50.5. The number of allylic oxidation sites excluding steroid dienone is 2. The van der Waals surface area contributed by atoms with Gasteiger partial charge in [0.05, 0.1) is 5.76 Å². The van der Waals surface area contributed by atoms with Crippen molar-refractivity contribution >= 4 is 0 Å². The SMILES string of the molecule is C[C@]12CC[C@H]3[C@@H](CC[C@H]4CCCC[C@@]43CO)[C@@H]1CC[C@@H]2OC1=CCCC1. The van der Waals surface area contributed by atoms with Crippen LogP contribution in [0.1, 0.15) is 90.4 Å². The molecule has 2 nitrogen and oxygen atoms in total. The Hall–Kier alpha value is -0.500. The second kappa shape index (κ2) is 6.54. The van der Waals surface area contributed by atoms with Crippen LogP contribution in [-0.2, 0) is 4.74 Å². The summed E-state index contributed by atoms with van der Waals surface area (Å²) in [7, 11) is 0. The first kappa shape index (κ1) is 17.6. The number of aliphatic hydroxyl groups is 1. The highest BCUT2D eigenvalue weighted by atomic mass is 16.5. The molecule has 0 aromatic heterocycles. The van der Waals surface area contributed by atoms with Gasteiger partial charge in [0.1, 0.15) is 6.10 Å². The van der Waals surface area contributed by atoms with Crippen molar-refractivity contribution in [1.82, 2.24) is 0 Å². The van der Waals surface area contributed by atoms with Gasteiger partial charge in [-0.1, -0.05) is 19.8 Å². The molecule has 0 spiro atoms. The lowest BCUT2D eigenvalue weighted by Gasteiger charge is -2.60. The van der Waals surface area contributed by atoms with Crippen LogP contribution in [-0.4, -0.2) is 17.8 Å². The van der Waals surface area contributed by atoms with Crippen LogP contribution < -0.4 is 0 Å². The van der Waals surface area contributed by atoms with Crippen LogP contribution in [0.3, 0.4) is 0 Å². The van der Waals surface area contributed by atoms with E-state index in [1.54, 1.807) is 0 Å². The van der Waals surface area contributed by atoms with E-state index in [1.165, 1.54) is 89.2 Å². The van der Waals surface area contributed by atoms with Crippen LogP contribution in [0.2, 0.25) is 0 Å². The fraction of sp³-hybridized carbons (Fsp3) is 0.917. The van der Waals surface area contributed by atoms with E-state index in [0.717, 1.165) is 23.7 Å². The Morgan fingerprint density at radius 2 is 1.92 bits per heavy atom. The maximum atomic E-state index is 10.5. The van der Waals surface area contributed by atoms with Gasteiger partial charge in [-0.05, 0) is 99.4 Å².